The van der Waals surface area contributed by atoms with Gasteiger partial charge in [-0.25, -0.2) is 0 Å². The van der Waals surface area contributed by atoms with E-state index >= 15 is 0 Å². The molecule has 1 aromatic rings. The fourth-order valence-electron chi connectivity index (χ4n) is 3.00. The van der Waals surface area contributed by atoms with Gasteiger partial charge >= 0.3 is 0 Å². The second-order valence-electron chi connectivity index (χ2n) is 6.03. The van der Waals surface area contributed by atoms with Crippen LogP contribution >= 0.6 is 12.4 Å². The van der Waals surface area contributed by atoms with Crippen molar-refractivity contribution in [1.29, 1.82) is 0 Å². The zero-order chi connectivity index (χ0) is 17.4. The van der Waals surface area contributed by atoms with Crippen molar-refractivity contribution in [1.82, 2.24) is 10.6 Å². The maximum Gasteiger partial charge on any atom is 0.220 e. The maximum absolute atomic E-state index is 12.0. The first-order valence-electron chi connectivity index (χ1n) is 8.44. The largest absolute Gasteiger partial charge is 0.493 e. The minimum absolute atomic E-state index is 0. The number of nitrogens with one attached hydrogen (secondary N) is 2. The van der Waals surface area contributed by atoms with Crippen molar-refractivity contribution in [2.75, 3.05) is 41.0 Å². The maximum atomic E-state index is 12.0. The van der Waals surface area contributed by atoms with Gasteiger partial charge in [0.2, 0.25) is 11.7 Å². The van der Waals surface area contributed by atoms with Crippen LogP contribution in [0.3, 0.4) is 0 Å². The summed E-state index contributed by atoms with van der Waals surface area (Å²) in [6.45, 7) is 2.92. The van der Waals surface area contributed by atoms with Gasteiger partial charge in [-0.2, -0.15) is 0 Å². The molecule has 2 rings (SSSR count). The van der Waals surface area contributed by atoms with E-state index in [2.05, 4.69) is 10.6 Å². The number of carbonyl (C=O) groups excluding carboxylic acids is 1. The van der Waals surface area contributed by atoms with E-state index in [1.54, 1.807) is 21.3 Å². The molecule has 1 aliphatic heterocycles. The lowest BCUT2D eigenvalue weighted by Gasteiger charge is -2.14. The Balaban J connectivity index is 0.00000312. The molecule has 0 spiro atoms. The average molecular weight is 373 g/mol. The van der Waals surface area contributed by atoms with Gasteiger partial charge in [0.15, 0.2) is 11.5 Å². The summed E-state index contributed by atoms with van der Waals surface area (Å²) in [7, 11) is 4.75. The Hall–Kier alpha value is -1.66. The van der Waals surface area contributed by atoms with E-state index in [1.807, 2.05) is 12.1 Å². The van der Waals surface area contributed by atoms with Crippen LogP contribution in [0.2, 0.25) is 0 Å². The first kappa shape index (κ1) is 21.4. The molecular formula is C18H29ClN2O4. The fourth-order valence-corrected chi connectivity index (χ4v) is 3.00. The van der Waals surface area contributed by atoms with Crippen LogP contribution in [0.5, 0.6) is 17.2 Å². The van der Waals surface area contributed by atoms with Gasteiger partial charge in [0.1, 0.15) is 0 Å². The van der Waals surface area contributed by atoms with Crippen molar-refractivity contribution in [3.8, 4) is 17.2 Å². The molecule has 0 aliphatic carbocycles. The van der Waals surface area contributed by atoms with Gasteiger partial charge in [-0.15, -0.1) is 12.4 Å². The molecule has 1 unspecified atom stereocenters. The highest BCUT2D eigenvalue weighted by Crippen LogP contribution is 2.38. The quantitative estimate of drug-likeness (QED) is 0.695. The van der Waals surface area contributed by atoms with Gasteiger partial charge in [0, 0.05) is 13.0 Å². The molecule has 6 nitrogen and oxygen atoms in total. The highest BCUT2D eigenvalue weighted by molar-refractivity contribution is 5.85. The van der Waals surface area contributed by atoms with Crippen LogP contribution in [-0.4, -0.2) is 46.9 Å². The highest BCUT2D eigenvalue weighted by Gasteiger charge is 2.15. The zero-order valence-electron chi connectivity index (χ0n) is 15.2. The molecule has 25 heavy (non-hydrogen) atoms. The van der Waals surface area contributed by atoms with Crippen LogP contribution in [0.25, 0.3) is 0 Å². The minimum atomic E-state index is 0. The summed E-state index contributed by atoms with van der Waals surface area (Å²) in [5, 5.41) is 6.35. The van der Waals surface area contributed by atoms with E-state index in [0.717, 1.165) is 31.6 Å². The smallest absolute Gasteiger partial charge is 0.220 e. The minimum Gasteiger partial charge on any atom is -0.493 e. The van der Waals surface area contributed by atoms with Crippen molar-refractivity contribution in [2.24, 2.45) is 5.92 Å². The lowest BCUT2D eigenvalue weighted by Crippen LogP contribution is -2.26. The van der Waals surface area contributed by atoms with Gasteiger partial charge in [-0.05, 0) is 56.0 Å². The molecule has 0 bridgehead atoms. The summed E-state index contributed by atoms with van der Waals surface area (Å²) >= 11 is 0. The van der Waals surface area contributed by atoms with Gasteiger partial charge in [-0.3, -0.25) is 4.79 Å². The second kappa shape index (κ2) is 11.1. The van der Waals surface area contributed by atoms with E-state index in [-0.39, 0.29) is 18.3 Å². The third-order valence-electron chi connectivity index (χ3n) is 4.40. The first-order chi connectivity index (χ1) is 11.7. The Labute approximate surface area is 156 Å². The van der Waals surface area contributed by atoms with Crippen LogP contribution in [0.15, 0.2) is 12.1 Å². The summed E-state index contributed by atoms with van der Waals surface area (Å²) in [4.78, 5) is 12.0. The molecule has 1 heterocycles. The monoisotopic (exact) mass is 372 g/mol. The number of carbonyl (C=O) groups is 1. The third kappa shape index (κ3) is 6.29. The van der Waals surface area contributed by atoms with Crippen LogP contribution in [0.4, 0.5) is 0 Å². The standard InChI is InChI=1S/C18H28N2O4.ClH/c1-22-15-10-14(11-16(23-2)18(15)24-3)4-5-17(21)20-9-7-13-6-8-19-12-13;/h10-11,13,19H,4-9,12H2,1-3H3,(H,20,21);1H. The number of aryl methyl sites for hydroxylation is 1. The fraction of sp³-hybridized carbons (Fsp3) is 0.611. The number of hydrogen-bond acceptors (Lipinski definition) is 5. The molecule has 1 atom stereocenters. The molecular weight excluding hydrogens is 344 g/mol. The van der Waals surface area contributed by atoms with Gasteiger partial charge in [0.25, 0.3) is 0 Å². The molecule has 1 saturated heterocycles. The van der Waals surface area contributed by atoms with E-state index in [9.17, 15) is 4.79 Å². The predicted octanol–water partition coefficient (Wildman–Crippen LogP) is 2.18. The molecule has 1 amide bonds. The van der Waals surface area contributed by atoms with Crippen molar-refractivity contribution < 1.29 is 19.0 Å². The van der Waals surface area contributed by atoms with Crippen LogP contribution in [0, 0.1) is 5.92 Å². The molecule has 7 heteroatoms. The first-order valence-corrected chi connectivity index (χ1v) is 8.44. The number of halogens is 1. The van der Waals surface area contributed by atoms with Gasteiger partial charge in [0.05, 0.1) is 21.3 Å². The third-order valence-corrected chi connectivity index (χ3v) is 4.40. The lowest BCUT2D eigenvalue weighted by atomic mass is 10.1. The molecule has 1 fully saturated rings. The molecule has 1 aromatic carbocycles. The molecule has 0 saturated carbocycles. The van der Waals surface area contributed by atoms with E-state index in [0.29, 0.717) is 36.0 Å². The normalized spacial score (nSPS) is 16.0. The topological polar surface area (TPSA) is 68.8 Å². The van der Waals surface area contributed by atoms with E-state index < -0.39 is 0 Å². The molecule has 0 aromatic heterocycles. The highest BCUT2D eigenvalue weighted by atomic mass is 35.5. The predicted molar refractivity (Wildman–Crippen MR) is 100 cm³/mol. The second-order valence-corrected chi connectivity index (χ2v) is 6.03. The Kier molecular flexibility index (Phi) is 9.45. The number of benzene rings is 1. The molecule has 1 aliphatic rings. The summed E-state index contributed by atoms with van der Waals surface area (Å²) in [6, 6.07) is 3.78. The van der Waals surface area contributed by atoms with Gasteiger partial charge in [-0.1, -0.05) is 0 Å². The van der Waals surface area contributed by atoms with E-state index in [1.165, 1.54) is 6.42 Å². The number of rotatable bonds is 9. The summed E-state index contributed by atoms with van der Waals surface area (Å²) in [6.07, 6.45) is 3.33. The SMILES string of the molecule is COc1cc(CCC(=O)NCCC2CCNC2)cc(OC)c1OC.Cl. The Morgan fingerprint density at radius 1 is 1.20 bits per heavy atom. The van der Waals surface area contributed by atoms with Crippen LogP contribution < -0.4 is 24.8 Å². The molecule has 2 N–H and O–H groups in total. The van der Waals surface area contributed by atoms with Crippen molar-refractivity contribution >= 4 is 18.3 Å². The number of amides is 1. The average Bonchev–Trinajstić information content (AvgIpc) is 3.12. The lowest BCUT2D eigenvalue weighted by molar-refractivity contribution is -0.121. The van der Waals surface area contributed by atoms with Crippen LogP contribution in [-0.2, 0) is 11.2 Å². The number of methoxy groups -OCH3 is 3. The Morgan fingerprint density at radius 2 is 1.88 bits per heavy atom. The number of ether oxygens (including phenoxy) is 3. The van der Waals surface area contributed by atoms with Crippen LogP contribution in [0.1, 0.15) is 24.8 Å². The number of hydrogen-bond donors (Lipinski definition) is 2. The van der Waals surface area contributed by atoms with Crippen molar-refractivity contribution in [3.63, 3.8) is 0 Å². The van der Waals surface area contributed by atoms with Crippen molar-refractivity contribution in [3.05, 3.63) is 17.7 Å². The van der Waals surface area contributed by atoms with Gasteiger partial charge < -0.3 is 24.8 Å². The Bertz CT molecular complexity index is 523. The van der Waals surface area contributed by atoms with Crippen molar-refractivity contribution in [2.45, 2.75) is 25.7 Å². The summed E-state index contributed by atoms with van der Waals surface area (Å²) < 4.78 is 16.0. The van der Waals surface area contributed by atoms with E-state index in [4.69, 9.17) is 14.2 Å². The molecule has 142 valence electrons. The summed E-state index contributed by atoms with van der Waals surface area (Å²) in [5.41, 5.74) is 0.986. The zero-order valence-corrected chi connectivity index (χ0v) is 16.0. The Morgan fingerprint density at radius 3 is 2.40 bits per heavy atom. The molecule has 0 radical (unpaired) electrons. The summed E-state index contributed by atoms with van der Waals surface area (Å²) in [5.74, 6) is 2.57.